The highest BCUT2D eigenvalue weighted by Gasteiger charge is 2.29. The minimum atomic E-state index is -0.456. The van der Waals surface area contributed by atoms with Crippen LogP contribution in [0.5, 0.6) is 0 Å². The van der Waals surface area contributed by atoms with Crippen LogP contribution >= 0.6 is 11.6 Å². The lowest BCUT2D eigenvalue weighted by atomic mass is 9.94. The van der Waals surface area contributed by atoms with Crippen molar-refractivity contribution in [3.05, 3.63) is 51.7 Å². The van der Waals surface area contributed by atoms with E-state index in [-0.39, 0.29) is 22.3 Å². The largest absolute Gasteiger partial charge is 0.465 e. The Morgan fingerprint density at radius 3 is 2.14 bits per heavy atom. The normalized spacial score (nSPS) is 15.3. The van der Waals surface area contributed by atoms with E-state index in [4.69, 9.17) is 11.6 Å². The van der Waals surface area contributed by atoms with Gasteiger partial charge in [-0.3, -0.25) is 9.59 Å². The Morgan fingerprint density at radius 2 is 1.59 bits per heavy atom. The highest BCUT2D eigenvalue weighted by atomic mass is 35.5. The first-order valence-electron chi connectivity index (χ1n) is 6.49. The molecule has 22 heavy (non-hydrogen) atoms. The summed E-state index contributed by atoms with van der Waals surface area (Å²) >= 11 is 5.98. The number of nitrogens with one attached hydrogen (secondary N) is 1. The van der Waals surface area contributed by atoms with Gasteiger partial charge in [0.25, 0.3) is 0 Å². The fourth-order valence-corrected chi connectivity index (χ4v) is 2.24. The van der Waals surface area contributed by atoms with Crippen LogP contribution in [0.2, 0.25) is 0 Å². The number of benzene rings is 1. The third-order valence-electron chi connectivity index (χ3n) is 3.46. The molecule has 0 saturated heterocycles. The number of hydrogen-bond donors (Lipinski definition) is 1. The number of carbonyl (C=O) groups excluding carboxylic acids is 3. The molecule has 1 N–H and O–H groups in total. The van der Waals surface area contributed by atoms with Crippen molar-refractivity contribution in [2.24, 2.45) is 0 Å². The molecule has 0 saturated carbocycles. The van der Waals surface area contributed by atoms with Crippen LogP contribution in [0.15, 0.2) is 46.1 Å². The first kappa shape index (κ1) is 16.0. The van der Waals surface area contributed by atoms with E-state index in [0.717, 1.165) is 0 Å². The van der Waals surface area contributed by atoms with Crippen LogP contribution in [0.25, 0.3) is 0 Å². The van der Waals surface area contributed by atoms with Gasteiger partial charge in [-0.1, -0.05) is 11.6 Å². The number of ketones is 2. The van der Waals surface area contributed by atoms with Crippen molar-refractivity contribution >= 4 is 34.8 Å². The van der Waals surface area contributed by atoms with Gasteiger partial charge in [-0.2, -0.15) is 0 Å². The quantitative estimate of drug-likeness (QED) is 0.685. The van der Waals surface area contributed by atoms with Gasteiger partial charge in [0.1, 0.15) is 10.7 Å². The fraction of sp³-hybridized carbons (Fsp3) is 0.188. The molecule has 6 heteroatoms. The average molecular weight is 320 g/mol. The summed E-state index contributed by atoms with van der Waals surface area (Å²) in [7, 11) is 1.29. The van der Waals surface area contributed by atoms with Gasteiger partial charge in [-0.05, 0) is 38.1 Å². The number of hydrogen-bond acceptors (Lipinski definition) is 5. The number of anilines is 1. The molecule has 5 nitrogen and oxygen atoms in total. The number of Topliss-reactive ketones (excluding diaryl/α,β-unsaturated/α-hetero) is 2. The van der Waals surface area contributed by atoms with E-state index in [0.29, 0.717) is 22.4 Å². The number of rotatable bonds is 3. The summed E-state index contributed by atoms with van der Waals surface area (Å²) in [6.45, 7) is 3.15. The van der Waals surface area contributed by atoms with E-state index >= 15 is 0 Å². The molecule has 1 aliphatic carbocycles. The van der Waals surface area contributed by atoms with Crippen LogP contribution in [-0.2, 0) is 14.3 Å². The Kier molecular flexibility index (Phi) is 4.47. The summed E-state index contributed by atoms with van der Waals surface area (Å²) < 4.78 is 4.61. The average Bonchev–Trinajstić information content (AvgIpc) is 2.55. The van der Waals surface area contributed by atoms with Gasteiger partial charge >= 0.3 is 5.97 Å². The highest BCUT2D eigenvalue weighted by Crippen LogP contribution is 2.27. The zero-order valence-electron chi connectivity index (χ0n) is 12.3. The molecular weight excluding hydrogens is 306 g/mol. The summed E-state index contributed by atoms with van der Waals surface area (Å²) in [6.07, 6.45) is 0. The zero-order valence-corrected chi connectivity index (χ0v) is 13.1. The second-order valence-electron chi connectivity index (χ2n) is 4.79. The number of allylic oxidation sites excluding steroid dienone is 3. The van der Waals surface area contributed by atoms with E-state index in [1.165, 1.54) is 7.11 Å². The Labute approximate surface area is 132 Å². The fourth-order valence-electron chi connectivity index (χ4n) is 1.97. The summed E-state index contributed by atoms with van der Waals surface area (Å²) in [5, 5.41) is 2.70. The van der Waals surface area contributed by atoms with Gasteiger partial charge in [-0.25, -0.2) is 4.79 Å². The maximum atomic E-state index is 12.2. The predicted molar refractivity (Wildman–Crippen MR) is 82.7 cm³/mol. The van der Waals surface area contributed by atoms with Crippen molar-refractivity contribution in [3.63, 3.8) is 0 Å². The minimum Gasteiger partial charge on any atom is -0.465 e. The van der Waals surface area contributed by atoms with Gasteiger partial charge in [0.05, 0.1) is 12.7 Å². The van der Waals surface area contributed by atoms with E-state index < -0.39 is 5.97 Å². The molecule has 0 heterocycles. The summed E-state index contributed by atoms with van der Waals surface area (Å²) in [4.78, 5) is 35.6. The number of esters is 1. The second-order valence-corrected chi connectivity index (χ2v) is 5.17. The molecule has 1 aromatic carbocycles. The van der Waals surface area contributed by atoms with Gasteiger partial charge in [0.2, 0.25) is 11.6 Å². The maximum absolute atomic E-state index is 12.2. The van der Waals surface area contributed by atoms with E-state index in [9.17, 15) is 14.4 Å². The van der Waals surface area contributed by atoms with Crippen LogP contribution < -0.4 is 5.32 Å². The van der Waals surface area contributed by atoms with E-state index in [1.807, 2.05) is 0 Å². The lowest BCUT2D eigenvalue weighted by Crippen LogP contribution is -2.24. The topological polar surface area (TPSA) is 72.5 Å². The highest BCUT2D eigenvalue weighted by molar-refractivity contribution is 6.49. The van der Waals surface area contributed by atoms with Crippen molar-refractivity contribution in [3.8, 4) is 0 Å². The molecule has 0 bridgehead atoms. The monoisotopic (exact) mass is 319 g/mol. The molecule has 2 rings (SSSR count). The molecule has 0 spiro atoms. The van der Waals surface area contributed by atoms with Gasteiger partial charge < -0.3 is 10.1 Å². The number of ether oxygens (including phenoxy) is 1. The van der Waals surface area contributed by atoms with Crippen LogP contribution in [0.4, 0.5) is 5.69 Å². The summed E-state index contributed by atoms with van der Waals surface area (Å²) in [6, 6.07) is 6.29. The standard InChI is InChI=1S/C16H14ClNO4/c1-8-9(2)15(20)13(12(17)14(8)19)18-11-6-4-10(5-7-11)16(21)22-3/h4-7,18H,1-3H3. The molecule has 0 amide bonds. The SMILES string of the molecule is COC(=O)c1ccc(NC2=C(Cl)C(=O)C(C)=C(C)C2=O)cc1. The molecule has 1 aliphatic rings. The van der Waals surface area contributed by atoms with Crippen LogP contribution in [-0.4, -0.2) is 24.6 Å². The third-order valence-corrected chi connectivity index (χ3v) is 3.83. The molecule has 0 radical (unpaired) electrons. The smallest absolute Gasteiger partial charge is 0.337 e. The minimum absolute atomic E-state index is 0.0422. The number of methoxy groups -OCH3 is 1. The van der Waals surface area contributed by atoms with Crippen molar-refractivity contribution in [2.45, 2.75) is 13.8 Å². The zero-order chi connectivity index (χ0) is 16.4. The van der Waals surface area contributed by atoms with Crippen LogP contribution in [0.1, 0.15) is 24.2 Å². The molecule has 1 aromatic rings. The first-order valence-corrected chi connectivity index (χ1v) is 6.86. The molecule has 0 unspecified atom stereocenters. The van der Waals surface area contributed by atoms with Crippen molar-refractivity contribution < 1.29 is 19.1 Å². The van der Waals surface area contributed by atoms with Crippen molar-refractivity contribution in [1.29, 1.82) is 0 Å². The maximum Gasteiger partial charge on any atom is 0.337 e. The van der Waals surface area contributed by atoms with Crippen molar-refractivity contribution in [2.75, 3.05) is 12.4 Å². The van der Waals surface area contributed by atoms with Gasteiger partial charge in [-0.15, -0.1) is 0 Å². The lowest BCUT2D eigenvalue weighted by molar-refractivity contribution is -0.116. The Morgan fingerprint density at radius 1 is 1.05 bits per heavy atom. The molecule has 0 aromatic heterocycles. The predicted octanol–water partition coefficient (Wildman–Crippen LogP) is 2.82. The first-order chi connectivity index (χ1) is 10.4. The third kappa shape index (κ3) is 2.80. The molecule has 0 fully saturated rings. The molecule has 0 aliphatic heterocycles. The summed E-state index contributed by atoms with van der Waals surface area (Å²) in [5.74, 6) is -1.14. The van der Waals surface area contributed by atoms with Crippen LogP contribution in [0, 0.1) is 0 Å². The van der Waals surface area contributed by atoms with Gasteiger partial charge in [0.15, 0.2) is 0 Å². The Balaban J connectivity index is 2.29. The Bertz CT molecular complexity index is 729. The summed E-state index contributed by atoms with van der Waals surface area (Å²) in [5.41, 5.74) is 1.67. The second kappa shape index (κ2) is 6.15. The van der Waals surface area contributed by atoms with Gasteiger partial charge in [0, 0.05) is 16.8 Å². The van der Waals surface area contributed by atoms with Crippen LogP contribution in [0.3, 0.4) is 0 Å². The Hall–Kier alpha value is -2.40. The van der Waals surface area contributed by atoms with E-state index in [1.54, 1.807) is 38.1 Å². The van der Waals surface area contributed by atoms with Crippen molar-refractivity contribution in [1.82, 2.24) is 0 Å². The number of carbonyl (C=O) groups is 3. The molecular formula is C16H14ClNO4. The lowest BCUT2D eigenvalue weighted by Gasteiger charge is -2.18. The van der Waals surface area contributed by atoms with E-state index in [2.05, 4.69) is 10.1 Å². The number of halogens is 1. The molecule has 114 valence electrons. The molecule has 0 atom stereocenters.